The quantitative estimate of drug-likeness (QED) is 0.738. The molecule has 9 heteroatoms. The first-order chi connectivity index (χ1) is 11.3. The molecule has 0 unspecified atom stereocenters. The first-order valence-corrected chi connectivity index (χ1v) is 9.27. The first kappa shape index (κ1) is 20.0. The first-order valence-electron chi connectivity index (χ1n) is 7.83. The van der Waals surface area contributed by atoms with Gasteiger partial charge in [0.1, 0.15) is 11.6 Å². The molecule has 0 radical (unpaired) electrons. The van der Waals surface area contributed by atoms with Crippen LogP contribution in [0.1, 0.15) is 45.2 Å². The highest BCUT2D eigenvalue weighted by Crippen LogP contribution is 2.41. The fraction of sp³-hybridized carbons (Fsp3) is 0.625. The Morgan fingerprint density at radius 2 is 1.88 bits per heavy atom. The van der Waals surface area contributed by atoms with E-state index in [0.717, 1.165) is 18.2 Å². The normalized spacial score (nSPS) is 20.0. The summed E-state index contributed by atoms with van der Waals surface area (Å²) in [7, 11) is -3.71. The average Bonchev–Trinajstić information content (AvgIpc) is 2.93. The number of sulfonamides is 1. The van der Waals surface area contributed by atoms with Crippen LogP contribution < -0.4 is 4.74 Å². The van der Waals surface area contributed by atoms with E-state index in [4.69, 9.17) is 4.74 Å². The standard InChI is InChI=1S/C16H21F4NO3S/c1-15(2,3)25(22,23)21-8-4-5-13(21)12-9-11(17)6-7-14(12)24-10-16(18,19)20/h6-7,9,13H,4-5,8,10H2,1-3H3/t13-/m1/s1. The molecule has 1 aliphatic rings. The highest BCUT2D eigenvalue weighted by Gasteiger charge is 2.43. The number of rotatable bonds is 4. The van der Waals surface area contributed by atoms with Crippen LogP contribution in [0.5, 0.6) is 5.75 Å². The Morgan fingerprint density at radius 3 is 2.44 bits per heavy atom. The van der Waals surface area contributed by atoms with Crippen molar-refractivity contribution in [2.75, 3.05) is 13.2 Å². The van der Waals surface area contributed by atoms with Crippen LogP contribution in [0, 0.1) is 5.82 Å². The summed E-state index contributed by atoms with van der Waals surface area (Å²) in [5.41, 5.74) is 0.120. The van der Waals surface area contributed by atoms with Crippen LogP contribution in [0.3, 0.4) is 0 Å². The van der Waals surface area contributed by atoms with Gasteiger partial charge in [0.05, 0.1) is 10.8 Å². The van der Waals surface area contributed by atoms with Gasteiger partial charge in [-0.15, -0.1) is 0 Å². The summed E-state index contributed by atoms with van der Waals surface area (Å²) in [6.45, 7) is 3.35. The minimum atomic E-state index is -4.54. The predicted octanol–water partition coefficient (Wildman–Crippen LogP) is 4.03. The van der Waals surface area contributed by atoms with Crippen molar-refractivity contribution in [3.8, 4) is 5.75 Å². The van der Waals surface area contributed by atoms with Gasteiger partial charge in [-0.2, -0.15) is 17.5 Å². The second-order valence-electron chi connectivity index (χ2n) is 6.97. The third-order valence-corrected chi connectivity index (χ3v) is 6.61. The molecular formula is C16H21F4NO3S. The van der Waals surface area contributed by atoms with Gasteiger partial charge < -0.3 is 4.74 Å². The Hall–Kier alpha value is -1.35. The fourth-order valence-corrected chi connectivity index (χ4v) is 4.39. The van der Waals surface area contributed by atoms with Crippen molar-refractivity contribution in [3.63, 3.8) is 0 Å². The van der Waals surface area contributed by atoms with Crippen molar-refractivity contribution in [2.24, 2.45) is 0 Å². The molecule has 1 aromatic carbocycles. The molecular weight excluding hydrogens is 362 g/mol. The van der Waals surface area contributed by atoms with Crippen LogP contribution in [0.4, 0.5) is 17.6 Å². The fourth-order valence-electron chi connectivity index (χ4n) is 2.76. The monoisotopic (exact) mass is 383 g/mol. The lowest BCUT2D eigenvalue weighted by molar-refractivity contribution is -0.153. The summed E-state index contributed by atoms with van der Waals surface area (Å²) in [5.74, 6) is -0.811. The number of hydrogen-bond acceptors (Lipinski definition) is 3. The van der Waals surface area contributed by atoms with E-state index in [1.165, 1.54) is 4.31 Å². The Bertz CT molecular complexity index is 726. The lowest BCUT2D eigenvalue weighted by Gasteiger charge is -2.32. The summed E-state index contributed by atoms with van der Waals surface area (Å²) in [4.78, 5) is 0. The SMILES string of the molecule is CC(C)(C)S(=O)(=O)N1CCC[C@@H]1c1cc(F)ccc1OCC(F)(F)F. The van der Waals surface area contributed by atoms with Gasteiger partial charge in [-0.05, 0) is 51.8 Å². The van der Waals surface area contributed by atoms with Gasteiger partial charge in [0, 0.05) is 12.1 Å². The Kier molecular flexibility index (Phi) is 5.39. The smallest absolute Gasteiger partial charge is 0.422 e. The maximum absolute atomic E-state index is 13.7. The van der Waals surface area contributed by atoms with Crippen LogP contribution in [0.25, 0.3) is 0 Å². The molecule has 0 bridgehead atoms. The summed E-state index contributed by atoms with van der Waals surface area (Å²) in [6, 6.07) is 2.40. The number of nitrogens with zero attached hydrogens (tertiary/aromatic N) is 1. The summed E-state index contributed by atoms with van der Waals surface area (Å²) >= 11 is 0. The van der Waals surface area contributed by atoms with E-state index in [0.29, 0.717) is 12.8 Å². The molecule has 1 heterocycles. The van der Waals surface area contributed by atoms with Crippen LogP contribution in [-0.4, -0.2) is 36.8 Å². The van der Waals surface area contributed by atoms with Crippen molar-refractivity contribution >= 4 is 10.0 Å². The molecule has 1 aromatic rings. The molecule has 1 fully saturated rings. The molecule has 4 nitrogen and oxygen atoms in total. The van der Waals surface area contributed by atoms with Gasteiger partial charge in [0.25, 0.3) is 0 Å². The molecule has 25 heavy (non-hydrogen) atoms. The zero-order chi connectivity index (χ0) is 19.0. The molecule has 0 amide bonds. The number of halogens is 4. The van der Waals surface area contributed by atoms with Crippen molar-refractivity contribution in [1.29, 1.82) is 0 Å². The van der Waals surface area contributed by atoms with E-state index in [1.54, 1.807) is 20.8 Å². The lowest BCUT2D eigenvalue weighted by atomic mass is 10.0. The molecule has 0 aromatic heterocycles. The number of benzene rings is 1. The third kappa shape index (κ3) is 4.44. The maximum Gasteiger partial charge on any atom is 0.422 e. The van der Waals surface area contributed by atoms with Gasteiger partial charge in [0.2, 0.25) is 10.0 Å². The minimum Gasteiger partial charge on any atom is -0.484 e. The molecule has 1 aliphatic heterocycles. The minimum absolute atomic E-state index is 0.120. The lowest BCUT2D eigenvalue weighted by Crippen LogP contribution is -2.42. The molecule has 1 atom stereocenters. The van der Waals surface area contributed by atoms with Gasteiger partial charge >= 0.3 is 6.18 Å². The van der Waals surface area contributed by atoms with Crippen LogP contribution in [0.2, 0.25) is 0 Å². The molecule has 0 N–H and O–H groups in total. The molecule has 0 aliphatic carbocycles. The molecule has 2 rings (SSSR count). The van der Waals surface area contributed by atoms with Crippen molar-refractivity contribution in [2.45, 2.75) is 50.6 Å². The Balaban J connectivity index is 2.41. The van der Waals surface area contributed by atoms with E-state index in [2.05, 4.69) is 0 Å². The zero-order valence-electron chi connectivity index (χ0n) is 14.2. The zero-order valence-corrected chi connectivity index (χ0v) is 15.0. The van der Waals surface area contributed by atoms with Gasteiger partial charge in [-0.1, -0.05) is 0 Å². The number of hydrogen-bond donors (Lipinski definition) is 0. The van der Waals surface area contributed by atoms with Gasteiger partial charge in [-0.3, -0.25) is 0 Å². The second-order valence-corrected chi connectivity index (χ2v) is 9.62. The topological polar surface area (TPSA) is 46.6 Å². The Morgan fingerprint density at radius 1 is 1.24 bits per heavy atom. The molecule has 0 saturated carbocycles. The van der Waals surface area contributed by atoms with Crippen molar-refractivity contribution in [3.05, 3.63) is 29.6 Å². The summed E-state index contributed by atoms with van der Waals surface area (Å²) < 4.78 is 81.5. The maximum atomic E-state index is 13.7. The van der Waals surface area contributed by atoms with Crippen LogP contribution >= 0.6 is 0 Å². The molecule has 142 valence electrons. The highest BCUT2D eigenvalue weighted by molar-refractivity contribution is 7.90. The second kappa shape index (κ2) is 6.75. The van der Waals surface area contributed by atoms with Gasteiger partial charge in [0.15, 0.2) is 6.61 Å². The van der Waals surface area contributed by atoms with E-state index in [-0.39, 0.29) is 17.9 Å². The molecule has 1 saturated heterocycles. The predicted molar refractivity (Wildman–Crippen MR) is 85.3 cm³/mol. The Labute approximate surface area is 144 Å². The van der Waals surface area contributed by atoms with Crippen molar-refractivity contribution in [1.82, 2.24) is 4.31 Å². The summed E-state index contributed by atoms with van der Waals surface area (Å²) in [6.07, 6.45) is -3.62. The summed E-state index contributed by atoms with van der Waals surface area (Å²) in [5, 5.41) is 0. The highest BCUT2D eigenvalue weighted by atomic mass is 32.2. The average molecular weight is 383 g/mol. The van der Waals surface area contributed by atoms with E-state index in [1.807, 2.05) is 0 Å². The van der Waals surface area contributed by atoms with E-state index in [9.17, 15) is 26.0 Å². The molecule has 0 spiro atoms. The number of alkyl halides is 3. The number of ether oxygens (including phenoxy) is 1. The van der Waals surface area contributed by atoms with Gasteiger partial charge in [-0.25, -0.2) is 12.8 Å². The van der Waals surface area contributed by atoms with Crippen LogP contribution in [-0.2, 0) is 10.0 Å². The largest absolute Gasteiger partial charge is 0.484 e. The third-order valence-electron chi connectivity index (χ3n) is 4.01. The van der Waals surface area contributed by atoms with E-state index < -0.39 is 39.4 Å². The van der Waals surface area contributed by atoms with Crippen LogP contribution in [0.15, 0.2) is 18.2 Å². The van der Waals surface area contributed by atoms with Crippen molar-refractivity contribution < 1.29 is 30.7 Å². The van der Waals surface area contributed by atoms with E-state index >= 15 is 0 Å².